The van der Waals surface area contributed by atoms with Gasteiger partial charge in [-0.2, -0.15) is 0 Å². The van der Waals surface area contributed by atoms with Crippen molar-refractivity contribution >= 4 is 68.3 Å². The number of benzene rings is 6. The van der Waals surface area contributed by atoms with E-state index in [-0.39, 0.29) is 28.6 Å². The monoisotopic (exact) mass is 718 g/mol. The van der Waals surface area contributed by atoms with Crippen LogP contribution in [-0.4, -0.2) is 43.2 Å². The fourth-order valence-corrected chi connectivity index (χ4v) is 10.7. The lowest BCUT2D eigenvalue weighted by Crippen LogP contribution is -2.29. The third-order valence-corrected chi connectivity index (χ3v) is 14.9. The average Bonchev–Trinajstić information content (AvgIpc) is 3.09. The molecule has 6 aromatic carbocycles. The predicted octanol–water partition coefficient (Wildman–Crippen LogP) is 3.46. The first kappa shape index (κ1) is 39.7. The van der Waals surface area contributed by atoms with Crippen LogP contribution in [0.3, 0.4) is 0 Å². The van der Waals surface area contributed by atoms with Gasteiger partial charge in [-0.05, 0) is 74.9 Å². The fraction of sp³-hybridized carbons (Fsp3) is 0.143. The maximum Gasteiger partial charge on any atom is 0.324 e. The summed E-state index contributed by atoms with van der Waals surface area (Å²) in [5.41, 5.74) is 8.68. The van der Waals surface area contributed by atoms with Crippen molar-refractivity contribution in [2.75, 3.05) is 0 Å². The van der Waals surface area contributed by atoms with Crippen molar-refractivity contribution < 1.29 is 14.7 Å². The van der Waals surface area contributed by atoms with Crippen molar-refractivity contribution in [3.63, 3.8) is 0 Å². The maximum absolute atomic E-state index is 7.23. The molecule has 0 aliphatic heterocycles. The molecule has 0 radical (unpaired) electrons. The van der Waals surface area contributed by atoms with E-state index in [1.165, 1.54) is 48.9 Å². The molecule has 49 heavy (non-hydrogen) atoms. The predicted molar refractivity (Wildman–Crippen MR) is 224 cm³/mol. The van der Waals surface area contributed by atoms with Gasteiger partial charge < -0.3 is 14.7 Å². The molecule has 0 saturated heterocycles. The molecule has 254 valence electrons. The highest BCUT2D eigenvalue weighted by molar-refractivity contribution is 7.38. The smallest absolute Gasteiger partial charge is 0.324 e. The lowest BCUT2D eigenvalue weighted by atomic mass is 10.1. The van der Waals surface area contributed by atoms with Gasteiger partial charge in [-0.15, -0.1) is 0 Å². The van der Waals surface area contributed by atoms with Crippen LogP contribution in [0.4, 0.5) is 0 Å². The van der Waals surface area contributed by atoms with Gasteiger partial charge in [-0.25, -0.2) is 0 Å². The van der Waals surface area contributed by atoms with E-state index in [1.807, 2.05) is 0 Å². The first-order valence-electron chi connectivity index (χ1n) is 16.7. The van der Waals surface area contributed by atoms with Gasteiger partial charge >= 0.3 is 8.60 Å². The molecule has 6 rings (SSSR count). The van der Waals surface area contributed by atoms with Crippen molar-refractivity contribution in [2.45, 2.75) is 41.5 Å². The van der Waals surface area contributed by atoms with Crippen LogP contribution >= 0.6 is 8.60 Å². The quantitative estimate of drug-likeness (QED) is 0.183. The molecule has 0 aromatic heterocycles. The highest BCUT2D eigenvalue weighted by atomic mass is 31.2. The second-order valence-corrected chi connectivity index (χ2v) is 18.7. The van der Waals surface area contributed by atoms with Crippen molar-refractivity contribution in [2.24, 2.45) is 0 Å². The molecule has 0 aliphatic rings. The van der Waals surface area contributed by atoms with Crippen LogP contribution in [0.25, 0.3) is 0 Å². The van der Waals surface area contributed by atoms with Gasteiger partial charge in [0.2, 0.25) is 0 Å². The van der Waals surface area contributed by atoms with Crippen LogP contribution in [0.1, 0.15) is 33.4 Å². The number of hydrogen-bond donors (Lipinski definition) is 3. The third kappa shape index (κ3) is 14.3. The zero-order valence-electron chi connectivity index (χ0n) is 29.8. The first-order valence-corrected chi connectivity index (χ1v) is 22.1. The number of rotatable bonds is 6. The van der Waals surface area contributed by atoms with Crippen LogP contribution in [-0.2, 0) is 0 Å². The normalized spacial score (nSPS) is 10.9. The molecule has 0 fully saturated rings. The summed E-state index contributed by atoms with van der Waals surface area (Å²) in [7, 11) is -3.47. The lowest BCUT2D eigenvalue weighted by molar-refractivity contribution is 0.368. The molecule has 0 saturated carbocycles. The maximum atomic E-state index is 7.23. The van der Waals surface area contributed by atoms with Crippen LogP contribution < -0.4 is 31.1 Å². The summed E-state index contributed by atoms with van der Waals surface area (Å²) in [6, 6.07) is 52.5. The summed E-state index contributed by atoms with van der Waals surface area (Å²) in [6.45, 7) is 13.3. The Hall–Kier alpha value is -3.72. The van der Waals surface area contributed by atoms with Crippen molar-refractivity contribution in [3.05, 3.63) is 179 Å². The van der Waals surface area contributed by atoms with Gasteiger partial charge in [-0.3, -0.25) is 0 Å². The fourth-order valence-electron chi connectivity index (χ4n) is 5.46. The highest BCUT2D eigenvalue weighted by Gasteiger charge is 2.04. The van der Waals surface area contributed by atoms with Gasteiger partial charge in [0.25, 0.3) is 0 Å². The second kappa shape index (κ2) is 21.4. The molecule has 7 heteroatoms. The molecule has 0 bridgehead atoms. The minimum atomic E-state index is -2.62. The Morgan fingerprint density at radius 2 is 0.551 bits per heavy atom. The zero-order valence-corrected chi connectivity index (χ0v) is 34.9. The average molecular weight is 719 g/mol. The van der Waals surface area contributed by atoms with Crippen molar-refractivity contribution in [1.29, 1.82) is 0 Å². The molecule has 0 atom stereocenters. The van der Waals surface area contributed by atoms with Crippen LogP contribution in [0.15, 0.2) is 146 Å². The van der Waals surface area contributed by atoms with Gasteiger partial charge in [0.15, 0.2) is 0 Å². The molecule has 0 unspecified atom stereocenters. The summed E-state index contributed by atoms with van der Waals surface area (Å²) < 4.78 is 0. The Kier molecular flexibility index (Phi) is 17.3. The van der Waals surface area contributed by atoms with Crippen LogP contribution in [0, 0.1) is 41.5 Å². The van der Waals surface area contributed by atoms with Crippen molar-refractivity contribution in [1.82, 2.24) is 0 Å². The first-order chi connectivity index (χ1) is 23.5. The van der Waals surface area contributed by atoms with E-state index >= 15 is 0 Å². The molecule has 0 heterocycles. The minimum absolute atomic E-state index is 0.284. The molecule has 6 aromatic rings. The summed E-state index contributed by atoms with van der Waals surface area (Å²) in [6.07, 6.45) is 0. The highest BCUT2D eigenvalue weighted by Crippen LogP contribution is 2.11. The Morgan fingerprint density at radius 3 is 0.776 bits per heavy atom. The topological polar surface area (TPSA) is 60.7 Å². The molecule has 0 spiro atoms. The van der Waals surface area contributed by atoms with E-state index in [2.05, 4.69) is 187 Å². The summed E-state index contributed by atoms with van der Waals surface area (Å²) in [4.78, 5) is 21.7. The molecular formula is C42H51O3PSi3. The van der Waals surface area contributed by atoms with Gasteiger partial charge in [0, 0.05) is 0 Å². The summed E-state index contributed by atoms with van der Waals surface area (Å²) in [5, 5.41) is 9.27. The molecule has 3 N–H and O–H groups in total. The van der Waals surface area contributed by atoms with E-state index in [1.54, 1.807) is 15.6 Å². The van der Waals surface area contributed by atoms with E-state index in [0.29, 0.717) is 0 Å². The van der Waals surface area contributed by atoms with Crippen LogP contribution in [0.2, 0.25) is 0 Å². The summed E-state index contributed by atoms with van der Waals surface area (Å²) in [5.74, 6) is 0. The molecule has 3 nitrogen and oxygen atoms in total. The standard InChI is InChI=1S/3C14H16Si.H3O3P/c3*1-11-7-6-10-14(12(11)2)15-13-8-4-3-5-9-13;1-4(2)3/h3*3-10H,15H2,1-2H3;1-3H. The van der Waals surface area contributed by atoms with Gasteiger partial charge in [0.05, 0.1) is 28.6 Å². The second-order valence-electron chi connectivity index (χ2n) is 12.3. The van der Waals surface area contributed by atoms with E-state index < -0.39 is 8.60 Å². The van der Waals surface area contributed by atoms with Gasteiger partial charge in [-0.1, -0.05) is 177 Å². The van der Waals surface area contributed by atoms with Gasteiger partial charge in [0.1, 0.15) is 0 Å². The SMILES string of the molecule is Cc1cccc([SiH2]c2ccccc2)c1C.Cc1cccc([SiH2]c2ccccc2)c1C.Cc1cccc([SiH2]c2ccccc2)c1C.OP(O)O. The number of hydrogen-bond acceptors (Lipinski definition) is 3. The molecular weight excluding hydrogens is 668 g/mol. The zero-order chi connectivity index (χ0) is 35.6. The van der Waals surface area contributed by atoms with E-state index in [4.69, 9.17) is 14.7 Å². The Balaban J connectivity index is 0.000000188. The Bertz CT molecular complexity index is 1620. The Labute approximate surface area is 302 Å². The molecule has 0 amide bonds. The van der Waals surface area contributed by atoms with Crippen molar-refractivity contribution in [3.8, 4) is 0 Å². The number of aryl methyl sites for hydroxylation is 3. The van der Waals surface area contributed by atoms with E-state index in [9.17, 15) is 0 Å². The largest absolute Gasteiger partial charge is 0.328 e. The lowest BCUT2D eigenvalue weighted by Gasteiger charge is -2.07. The summed E-state index contributed by atoms with van der Waals surface area (Å²) >= 11 is 0. The Morgan fingerprint density at radius 1 is 0.327 bits per heavy atom. The van der Waals surface area contributed by atoms with E-state index in [0.717, 1.165) is 0 Å². The molecule has 0 aliphatic carbocycles. The third-order valence-electron chi connectivity index (χ3n) is 8.86. The van der Waals surface area contributed by atoms with Crippen LogP contribution in [0.5, 0.6) is 0 Å². The minimum Gasteiger partial charge on any atom is -0.328 e.